The van der Waals surface area contributed by atoms with Crippen LogP contribution in [0.15, 0.2) is 71.6 Å². The lowest BCUT2D eigenvalue weighted by atomic mass is 10.1. The van der Waals surface area contributed by atoms with E-state index in [2.05, 4.69) is 9.62 Å². The number of anilines is 1. The lowest BCUT2D eigenvalue weighted by Crippen LogP contribution is -2.48. The molecule has 1 N–H and O–H groups in total. The predicted molar refractivity (Wildman–Crippen MR) is 132 cm³/mol. The van der Waals surface area contributed by atoms with E-state index in [9.17, 15) is 13.2 Å². The molecule has 0 aliphatic carbocycles. The number of nitrogens with one attached hydrogen (secondary N) is 1. The predicted octanol–water partition coefficient (Wildman–Crippen LogP) is 3.83. The van der Waals surface area contributed by atoms with Crippen molar-refractivity contribution in [1.29, 1.82) is 0 Å². The third-order valence-electron chi connectivity index (χ3n) is 6.01. The summed E-state index contributed by atoms with van der Waals surface area (Å²) in [5.74, 6) is 1.29. The molecule has 3 aromatic carbocycles. The number of amides is 1. The minimum absolute atomic E-state index is 0.140. The molecule has 10 heteroatoms. The van der Waals surface area contributed by atoms with E-state index < -0.39 is 10.0 Å². The molecule has 1 amide bonds. The maximum absolute atomic E-state index is 13.2. The average Bonchev–Trinajstić information content (AvgIpc) is 3.34. The number of sulfonamides is 1. The molecule has 2 aliphatic rings. The van der Waals surface area contributed by atoms with Crippen LogP contribution in [0.5, 0.6) is 11.5 Å². The number of carbonyl (C=O) groups excluding carboxylic acids is 1. The van der Waals surface area contributed by atoms with E-state index in [1.165, 1.54) is 24.3 Å². The van der Waals surface area contributed by atoms with Gasteiger partial charge < -0.3 is 14.4 Å². The monoisotopic (exact) mass is 513 g/mol. The maximum atomic E-state index is 13.2. The minimum atomic E-state index is -3.78. The standard InChI is InChI=1S/C25H24ClN3O5S/c26-22-8-7-19(27-35(31,32)20-4-2-1-3-5-20)15-21(22)25(30)29-12-10-28(11-13-29)16-18-6-9-23-24(14-18)34-17-33-23/h1-9,14-15,27H,10-13,16-17H2. The van der Waals surface area contributed by atoms with Gasteiger partial charge in [-0.2, -0.15) is 0 Å². The molecule has 1 fully saturated rings. The number of rotatable bonds is 6. The second kappa shape index (κ2) is 9.77. The molecule has 0 aromatic heterocycles. The summed E-state index contributed by atoms with van der Waals surface area (Å²) in [6.45, 7) is 3.49. The lowest BCUT2D eigenvalue weighted by molar-refractivity contribution is 0.0628. The Bertz CT molecular complexity index is 1340. The van der Waals surface area contributed by atoms with Gasteiger partial charge in [0.05, 0.1) is 15.5 Å². The van der Waals surface area contributed by atoms with Crippen molar-refractivity contribution in [2.45, 2.75) is 11.4 Å². The number of hydrogen-bond acceptors (Lipinski definition) is 6. The number of benzene rings is 3. The van der Waals surface area contributed by atoms with E-state index in [1.54, 1.807) is 29.2 Å². The van der Waals surface area contributed by atoms with Gasteiger partial charge in [0.25, 0.3) is 15.9 Å². The van der Waals surface area contributed by atoms with E-state index in [4.69, 9.17) is 21.1 Å². The van der Waals surface area contributed by atoms with E-state index >= 15 is 0 Å². The molecule has 0 bridgehead atoms. The Labute approximate surface area is 209 Å². The molecule has 0 atom stereocenters. The zero-order valence-electron chi connectivity index (χ0n) is 18.8. The molecule has 35 heavy (non-hydrogen) atoms. The zero-order chi connectivity index (χ0) is 24.4. The van der Waals surface area contributed by atoms with Crippen LogP contribution in [0.2, 0.25) is 5.02 Å². The molecule has 0 radical (unpaired) electrons. The molecule has 1 saturated heterocycles. The highest BCUT2D eigenvalue weighted by molar-refractivity contribution is 7.92. The molecule has 2 heterocycles. The highest BCUT2D eigenvalue weighted by Crippen LogP contribution is 2.33. The van der Waals surface area contributed by atoms with Crippen molar-refractivity contribution in [3.63, 3.8) is 0 Å². The van der Waals surface area contributed by atoms with Gasteiger partial charge in [-0.05, 0) is 48.0 Å². The molecule has 8 nitrogen and oxygen atoms in total. The quantitative estimate of drug-likeness (QED) is 0.539. The zero-order valence-corrected chi connectivity index (χ0v) is 20.4. The van der Waals surface area contributed by atoms with Crippen LogP contribution in [0.4, 0.5) is 5.69 Å². The summed E-state index contributed by atoms with van der Waals surface area (Å²) in [4.78, 5) is 17.4. The van der Waals surface area contributed by atoms with Crippen molar-refractivity contribution in [2.75, 3.05) is 37.7 Å². The molecule has 2 aliphatic heterocycles. The molecule has 182 valence electrons. The van der Waals surface area contributed by atoms with Crippen molar-refractivity contribution in [2.24, 2.45) is 0 Å². The second-order valence-corrected chi connectivity index (χ2v) is 10.5. The summed E-state index contributed by atoms with van der Waals surface area (Å²) in [6, 6.07) is 18.6. The summed E-state index contributed by atoms with van der Waals surface area (Å²) in [7, 11) is -3.78. The van der Waals surface area contributed by atoms with Gasteiger partial charge >= 0.3 is 0 Å². The molecular formula is C25H24ClN3O5S. The Hall–Kier alpha value is -3.27. The van der Waals surface area contributed by atoms with E-state index in [0.717, 1.165) is 23.6 Å². The van der Waals surface area contributed by atoms with E-state index in [1.807, 2.05) is 18.2 Å². The van der Waals surface area contributed by atoms with Crippen molar-refractivity contribution >= 4 is 33.2 Å². The summed E-state index contributed by atoms with van der Waals surface area (Å²) in [5.41, 5.74) is 1.67. The van der Waals surface area contributed by atoms with Crippen LogP contribution in [-0.2, 0) is 16.6 Å². The fourth-order valence-electron chi connectivity index (χ4n) is 4.14. The fourth-order valence-corrected chi connectivity index (χ4v) is 5.41. The number of hydrogen-bond donors (Lipinski definition) is 1. The molecule has 0 spiro atoms. The third kappa shape index (κ3) is 5.22. The Morgan fingerprint density at radius 1 is 0.914 bits per heavy atom. The first-order chi connectivity index (χ1) is 16.9. The first-order valence-electron chi connectivity index (χ1n) is 11.2. The first-order valence-corrected chi connectivity index (χ1v) is 13.0. The SMILES string of the molecule is O=C(c1cc(NS(=O)(=O)c2ccccc2)ccc1Cl)N1CCN(Cc2ccc3c(c2)OCO3)CC1. The molecule has 0 unspecified atom stereocenters. The van der Waals surface area contributed by atoms with Crippen molar-refractivity contribution in [3.8, 4) is 11.5 Å². The fraction of sp³-hybridized carbons (Fsp3) is 0.240. The highest BCUT2D eigenvalue weighted by Gasteiger charge is 2.25. The average molecular weight is 514 g/mol. The second-order valence-electron chi connectivity index (χ2n) is 8.37. The van der Waals surface area contributed by atoms with Crippen LogP contribution in [0, 0.1) is 0 Å². The normalized spacial score (nSPS) is 15.7. The van der Waals surface area contributed by atoms with E-state index in [0.29, 0.717) is 26.2 Å². The van der Waals surface area contributed by atoms with Gasteiger partial charge in [-0.1, -0.05) is 35.9 Å². The van der Waals surface area contributed by atoms with Crippen LogP contribution >= 0.6 is 11.6 Å². The van der Waals surface area contributed by atoms with Crippen molar-refractivity contribution < 1.29 is 22.7 Å². The van der Waals surface area contributed by atoms with Gasteiger partial charge in [-0.25, -0.2) is 8.42 Å². The molecular weight excluding hydrogens is 490 g/mol. The Morgan fingerprint density at radius 2 is 1.66 bits per heavy atom. The number of carbonyl (C=O) groups is 1. The maximum Gasteiger partial charge on any atom is 0.261 e. The van der Waals surface area contributed by atoms with Crippen molar-refractivity contribution in [3.05, 3.63) is 82.9 Å². The minimum Gasteiger partial charge on any atom is -0.454 e. The number of fused-ring (bicyclic) bond motifs is 1. The lowest BCUT2D eigenvalue weighted by Gasteiger charge is -2.35. The first kappa shape index (κ1) is 23.5. The van der Waals surface area contributed by atoms with Gasteiger partial charge in [0.1, 0.15) is 0 Å². The topological polar surface area (TPSA) is 88.2 Å². The van der Waals surface area contributed by atoms with Crippen LogP contribution in [-0.4, -0.2) is 57.1 Å². The van der Waals surface area contributed by atoms with Crippen LogP contribution < -0.4 is 14.2 Å². The van der Waals surface area contributed by atoms with Crippen LogP contribution in [0.25, 0.3) is 0 Å². The van der Waals surface area contributed by atoms with Gasteiger partial charge in [0.2, 0.25) is 6.79 Å². The van der Waals surface area contributed by atoms with Crippen molar-refractivity contribution in [1.82, 2.24) is 9.80 Å². The largest absolute Gasteiger partial charge is 0.454 e. The molecule has 3 aromatic rings. The Balaban J connectivity index is 1.23. The smallest absolute Gasteiger partial charge is 0.261 e. The van der Waals surface area contributed by atoms with Crippen LogP contribution in [0.3, 0.4) is 0 Å². The summed E-state index contributed by atoms with van der Waals surface area (Å²) in [6.07, 6.45) is 0. The number of piperazine rings is 1. The summed E-state index contributed by atoms with van der Waals surface area (Å²) >= 11 is 6.32. The highest BCUT2D eigenvalue weighted by atomic mass is 35.5. The Kier molecular flexibility index (Phi) is 6.55. The molecule has 5 rings (SSSR count). The third-order valence-corrected chi connectivity index (χ3v) is 7.73. The number of nitrogens with zero attached hydrogens (tertiary/aromatic N) is 2. The molecule has 0 saturated carbocycles. The van der Waals surface area contributed by atoms with Gasteiger partial charge in [-0.15, -0.1) is 0 Å². The Morgan fingerprint density at radius 3 is 2.43 bits per heavy atom. The van der Waals surface area contributed by atoms with Gasteiger partial charge in [-0.3, -0.25) is 14.4 Å². The van der Waals surface area contributed by atoms with Gasteiger partial charge in [0, 0.05) is 38.4 Å². The van der Waals surface area contributed by atoms with E-state index in [-0.39, 0.29) is 33.9 Å². The number of ether oxygens (including phenoxy) is 2. The van der Waals surface area contributed by atoms with Gasteiger partial charge in [0.15, 0.2) is 11.5 Å². The number of halogens is 1. The summed E-state index contributed by atoms with van der Waals surface area (Å²) < 4.78 is 38.7. The van der Waals surface area contributed by atoms with Crippen LogP contribution in [0.1, 0.15) is 15.9 Å². The summed E-state index contributed by atoms with van der Waals surface area (Å²) in [5, 5.41) is 0.278.